The maximum atomic E-state index is 13.6. The summed E-state index contributed by atoms with van der Waals surface area (Å²) in [4.78, 5) is 12.9. The van der Waals surface area contributed by atoms with Crippen LogP contribution in [0, 0.1) is 12.7 Å². The predicted octanol–water partition coefficient (Wildman–Crippen LogP) is 3.44. The second-order valence-electron chi connectivity index (χ2n) is 4.66. The molecule has 0 radical (unpaired) electrons. The number of aliphatic hydroxyl groups excluding tert-OH is 1. The summed E-state index contributed by atoms with van der Waals surface area (Å²) < 4.78 is 13.6. The molecule has 2 rings (SSSR count). The third-order valence-electron chi connectivity index (χ3n) is 2.98. The number of carbonyl (C=O) groups excluding carboxylic acids is 1. The number of benzene rings is 1. The van der Waals surface area contributed by atoms with Crippen molar-refractivity contribution in [2.75, 3.05) is 11.9 Å². The van der Waals surface area contributed by atoms with Crippen molar-refractivity contribution in [1.29, 1.82) is 0 Å². The molecule has 0 saturated carbocycles. The second-order valence-corrected chi connectivity index (χ2v) is 5.64. The van der Waals surface area contributed by atoms with Gasteiger partial charge in [0.05, 0.1) is 11.7 Å². The van der Waals surface area contributed by atoms with Gasteiger partial charge in [0, 0.05) is 11.5 Å². The Bertz CT molecular complexity index is 602. The highest BCUT2D eigenvalue weighted by atomic mass is 32.1. The van der Waals surface area contributed by atoms with Gasteiger partial charge in [-0.2, -0.15) is 0 Å². The van der Waals surface area contributed by atoms with Crippen molar-refractivity contribution in [2.24, 2.45) is 0 Å². The number of rotatable bonds is 5. The van der Waals surface area contributed by atoms with Crippen LogP contribution in [0.2, 0.25) is 0 Å². The molecule has 4 nitrogen and oxygen atoms in total. The van der Waals surface area contributed by atoms with Crippen LogP contribution in [0.1, 0.15) is 22.9 Å². The molecule has 0 unspecified atom stereocenters. The molecule has 0 saturated heterocycles. The molecule has 0 aliphatic heterocycles. The van der Waals surface area contributed by atoms with Gasteiger partial charge in [-0.25, -0.2) is 9.18 Å². The quantitative estimate of drug-likeness (QED) is 0.792. The van der Waals surface area contributed by atoms with Crippen molar-refractivity contribution in [3.05, 3.63) is 52.0 Å². The number of amides is 2. The fourth-order valence-corrected chi connectivity index (χ4v) is 2.77. The smallest absolute Gasteiger partial charge is 0.319 e. The second kappa shape index (κ2) is 7.19. The molecule has 0 bridgehead atoms. The molecule has 0 spiro atoms. The number of hydrogen-bond acceptors (Lipinski definition) is 3. The number of aryl methyl sites for hydroxylation is 1. The first kappa shape index (κ1) is 15.5. The van der Waals surface area contributed by atoms with E-state index in [4.69, 9.17) is 5.11 Å². The van der Waals surface area contributed by atoms with Crippen molar-refractivity contribution >= 4 is 23.1 Å². The fourth-order valence-electron chi connectivity index (χ4n) is 1.96. The Morgan fingerprint density at radius 2 is 2.24 bits per heavy atom. The maximum Gasteiger partial charge on any atom is 0.319 e. The summed E-state index contributed by atoms with van der Waals surface area (Å²) in [5, 5.41) is 16.2. The molecule has 21 heavy (non-hydrogen) atoms. The Kier molecular flexibility index (Phi) is 5.30. The van der Waals surface area contributed by atoms with Crippen molar-refractivity contribution < 1.29 is 14.3 Å². The summed E-state index contributed by atoms with van der Waals surface area (Å²) >= 11 is 1.50. The van der Waals surface area contributed by atoms with Gasteiger partial charge in [0.2, 0.25) is 0 Å². The average Bonchev–Trinajstić information content (AvgIpc) is 2.96. The SMILES string of the molecule is Cc1ccc(F)c(NC(=O)N[C@@H](CCO)c2cccs2)c1. The predicted molar refractivity (Wildman–Crippen MR) is 82.1 cm³/mol. The molecule has 2 amide bonds. The summed E-state index contributed by atoms with van der Waals surface area (Å²) in [7, 11) is 0. The molecule has 0 aliphatic carbocycles. The van der Waals surface area contributed by atoms with E-state index >= 15 is 0 Å². The van der Waals surface area contributed by atoms with Crippen LogP contribution in [0.25, 0.3) is 0 Å². The van der Waals surface area contributed by atoms with Crippen LogP contribution >= 0.6 is 11.3 Å². The molecule has 2 aromatic rings. The minimum Gasteiger partial charge on any atom is -0.396 e. The number of anilines is 1. The molecular weight excluding hydrogens is 291 g/mol. The molecule has 1 atom stereocenters. The number of thiophene rings is 1. The molecule has 0 aliphatic rings. The summed E-state index contributed by atoms with van der Waals surface area (Å²) in [5.74, 6) is -0.481. The lowest BCUT2D eigenvalue weighted by atomic mass is 10.2. The van der Waals surface area contributed by atoms with Crippen molar-refractivity contribution in [3.8, 4) is 0 Å². The normalized spacial score (nSPS) is 12.0. The Morgan fingerprint density at radius 3 is 2.90 bits per heavy atom. The molecule has 1 heterocycles. The minimum atomic E-state index is -0.494. The first-order valence-corrected chi connectivity index (χ1v) is 7.46. The standard InChI is InChI=1S/C15H17FN2O2S/c1-10-4-5-11(16)13(9-10)18-15(20)17-12(6-7-19)14-3-2-8-21-14/h2-5,8-9,12,19H,6-7H2,1H3,(H2,17,18,20)/t12-/m0/s1. The average molecular weight is 308 g/mol. The number of urea groups is 1. The van der Waals surface area contributed by atoms with Crippen molar-refractivity contribution in [1.82, 2.24) is 5.32 Å². The monoisotopic (exact) mass is 308 g/mol. The van der Waals surface area contributed by atoms with Gasteiger partial charge in [0.1, 0.15) is 5.82 Å². The van der Waals surface area contributed by atoms with Gasteiger partial charge in [0.15, 0.2) is 0 Å². The van der Waals surface area contributed by atoms with Crippen LogP contribution in [0.5, 0.6) is 0 Å². The minimum absolute atomic E-state index is 0.0400. The first-order chi connectivity index (χ1) is 10.1. The highest BCUT2D eigenvalue weighted by Gasteiger charge is 2.16. The van der Waals surface area contributed by atoms with Gasteiger partial charge in [-0.15, -0.1) is 11.3 Å². The summed E-state index contributed by atoms with van der Waals surface area (Å²) in [5.41, 5.74) is 0.998. The Morgan fingerprint density at radius 1 is 1.43 bits per heavy atom. The van der Waals surface area contributed by atoms with E-state index in [2.05, 4.69) is 10.6 Å². The molecule has 6 heteroatoms. The van der Waals surface area contributed by atoms with Gasteiger partial charge < -0.3 is 15.7 Å². The summed E-state index contributed by atoms with van der Waals surface area (Å²) in [6.07, 6.45) is 0.407. The van der Waals surface area contributed by atoms with E-state index in [1.165, 1.54) is 17.4 Å². The topological polar surface area (TPSA) is 61.4 Å². The Labute approximate surface area is 126 Å². The van der Waals surface area contributed by atoms with Gasteiger partial charge in [-0.3, -0.25) is 0 Å². The number of aliphatic hydroxyl groups is 1. The Hall–Kier alpha value is -1.92. The molecular formula is C15H17FN2O2S. The maximum absolute atomic E-state index is 13.6. The number of halogens is 1. The van der Waals surface area contributed by atoms with E-state index in [9.17, 15) is 9.18 Å². The first-order valence-electron chi connectivity index (χ1n) is 6.58. The van der Waals surface area contributed by atoms with E-state index in [0.717, 1.165) is 10.4 Å². The molecule has 112 valence electrons. The third kappa shape index (κ3) is 4.27. The lowest BCUT2D eigenvalue weighted by Crippen LogP contribution is -2.33. The van der Waals surface area contributed by atoms with Crippen LogP contribution in [-0.4, -0.2) is 17.7 Å². The molecule has 1 aromatic heterocycles. The lowest BCUT2D eigenvalue weighted by Gasteiger charge is -2.17. The highest BCUT2D eigenvalue weighted by Crippen LogP contribution is 2.22. The van der Waals surface area contributed by atoms with E-state index in [-0.39, 0.29) is 18.3 Å². The van der Waals surface area contributed by atoms with Crippen LogP contribution in [0.3, 0.4) is 0 Å². The van der Waals surface area contributed by atoms with E-state index in [1.807, 2.05) is 24.4 Å². The van der Waals surface area contributed by atoms with Crippen molar-refractivity contribution in [3.63, 3.8) is 0 Å². The number of nitrogens with one attached hydrogen (secondary N) is 2. The number of hydrogen-bond donors (Lipinski definition) is 3. The van der Waals surface area contributed by atoms with Crippen LogP contribution < -0.4 is 10.6 Å². The molecule has 0 fully saturated rings. The van der Waals surface area contributed by atoms with Gasteiger partial charge in [0.25, 0.3) is 0 Å². The van der Waals surface area contributed by atoms with E-state index in [1.54, 1.807) is 12.1 Å². The summed E-state index contributed by atoms with van der Waals surface area (Å²) in [6.45, 7) is 1.78. The van der Waals surface area contributed by atoms with E-state index < -0.39 is 11.8 Å². The Balaban J connectivity index is 2.04. The van der Waals surface area contributed by atoms with Gasteiger partial charge >= 0.3 is 6.03 Å². The third-order valence-corrected chi connectivity index (χ3v) is 3.97. The fraction of sp³-hybridized carbons (Fsp3) is 0.267. The lowest BCUT2D eigenvalue weighted by molar-refractivity contribution is 0.239. The zero-order chi connectivity index (χ0) is 15.2. The zero-order valence-electron chi connectivity index (χ0n) is 11.6. The zero-order valence-corrected chi connectivity index (χ0v) is 12.4. The van der Waals surface area contributed by atoms with Crippen LogP contribution in [0.15, 0.2) is 35.7 Å². The van der Waals surface area contributed by atoms with Crippen LogP contribution in [0.4, 0.5) is 14.9 Å². The molecule has 1 aromatic carbocycles. The van der Waals surface area contributed by atoms with Gasteiger partial charge in [-0.05, 0) is 42.5 Å². The summed E-state index contributed by atoms with van der Waals surface area (Å²) in [6, 6.07) is 7.51. The number of carbonyl (C=O) groups is 1. The van der Waals surface area contributed by atoms with Crippen molar-refractivity contribution in [2.45, 2.75) is 19.4 Å². The largest absolute Gasteiger partial charge is 0.396 e. The van der Waals surface area contributed by atoms with Gasteiger partial charge in [-0.1, -0.05) is 12.1 Å². The van der Waals surface area contributed by atoms with Crippen LogP contribution in [-0.2, 0) is 0 Å². The highest BCUT2D eigenvalue weighted by molar-refractivity contribution is 7.10. The molecule has 3 N–H and O–H groups in total. The van der Waals surface area contributed by atoms with E-state index in [0.29, 0.717) is 6.42 Å².